The zero-order valence-electron chi connectivity index (χ0n) is 5.20. The molecule has 10 heavy (non-hydrogen) atoms. The third kappa shape index (κ3) is 1.01. The van der Waals surface area contributed by atoms with Crippen molar-refractivity contribution in [3.05, 3.63) is 0 Å². The molecule has 0 radical (unpaired) electrons. The summed E-state index contributed by atoms with van der Waals surface area (Å²) in [4.78, 5) is 0. The van der Waals surface area contributed by atoms with Gasteiger partial charge >= 0.3 is 0 Å². The van der Waals surface area contributed by atoms with Crippen LogP contribution in [0.25, 0.3) is 0 Å². The highest BCUT2D eigenvalue weighted by Crippen LogP contribution is 2.23. The van der Waals surface area contributed by atoms with Gasteiger partial charge in [-0.1, -0.05) is 0 Å². The summed E-state index contributed by atoms with van der Waals surface area (Å²) in [6.45, 7) is -1.45. The van der Waals surface area contributed by atoms with Gasteiger partial charge in [0.15, 0.2) is 0 Å². The monoisotopic (exact) mass is 152 g/mol. The second kappa shape index (κ2) is 2.43. The first-order valence-corrected chi connectivity index (χ1v) is 2.88. The second-order valence-electron chi connectivity index (χ2n) is 2.30. The summed E-state index contributed by atoms with van der Waals surface area (Å²) in [6, 6.07) is 0. The number of alkyl halides is 1. The Morgan fingerprint density at radius 1 is 1.60 bits per heavy atom. The normalized spacial score (nSPS) is 48.0. The Bertz CT molecular complexity index is 131. The number of ether oxygens (including phenoxy) is 1. The Hall–Kier alpha value is -0.230. The molecular weight excluding hydrogens is 143 g/mol. The number of halogens is 1. The van der Waals surface area contributed by atoms with Gasteiger partial charge in [0.25, 0.3) is 0 Å². The quantitative estimate of drug-likeness (QED) is 0.423. The molecule has 3 N–H and O–H groups in total. The summed E-state index contributed by atoms with van der Waals surface area (Å²) >= 11 is 0. The fourth-order valence-electron chi connectivity index (χ4n) is 0.824. The van der Waals surface area contributed by atoms with Crippen molar-refractivity contribution in [1.82, 2.24) is 0 Å². The first kappa shape index (κ1) is 7.87. The van der Waals surface area contributed by atoms with E-state index in [9.17, 15) is 4.39 Å². The van der Waals surface area contributed by atoms with Crippen molar-refractivity contribution in [2.75, 3.05) is 13.3 Å². The van der Waals surface area contributed by atoms with Crippen molar-refractivity contribution in [1.29, 1.82) is 0 Å². The van der Waals surface area contributed by atoms with Gasteiger partial charge in [-0.3, -0.25) is 0 Å². The van der Waals surface area contributed by atoms with Crippen LogP contribution in [0.5, 0.6) is 0 Å². The van der Waals surface area contributed by atoms with Gasteiger partial charge in [-0.2, -0.15) is 0 Å². The minimum absolute atomic E-state index is 0.235. The average Bonchev–Trinajstić information content (AvgIpc) is 2.19. The molecule has 1 rings (SSSR count). The van der Waals surface area contributed by atoms with Gasteiger partial charge < -0.3 is 20.1 Å². The highest BCUT2D eigenvalue weighted by molar-refractivity contribution is 4.88. The van der Waals surface area contributed by atoms with Crippen molar-refractivity contribution in [2.45, 2.75) is 18.0 Å². The molecule has 1 fully saturated rings. The summed E-state index contributed by atoms with van der Waals surface area (Å²) in [5, 5.41) is 26.5. The van der Waals surface area contributed by atoms with Crippen molar-refractivity contribution < 1.29 is 24.4 Å². The number of aliphatic hydroxyl groups is 3. The third-order valence-corrected chi connectivity index (χ3v) is 1.52. The molecule has 0 aromatic rings. The van der Waals surface area contributed by atoms with Gasteiger partial charge in [-0.15, -0.1) is 0 Å². The highest BCUT2D eigenvalue weighted by atomic mass is 19.1. The van der Waals surface area contributed by atoms with E-state index in [1.807, 2.05) is 0 Å². The van der Waals surface area contributed by atoms with Crippen LogP contribution in [0.1, 0.15) is 0 Å². The predicted octanol–water partition coefficient (Wildman–Crippen LogP) is -1.60. The molecule has 0 aromatic heterocycles. The van der Waals surface area contributed by atoms with E-state index in [-0.39, 0.29) is 6.61 Å². The summed E-state index contributed by atoms with van der Waals surface area (Å²) in [5.41, 5.74) is 0. The molecule has 3 atom stereocenters. The van der Waals surface area contributed by atoms with Crippen LogP contribution >= 0.6 is 0 Å². The van der Waals surface area contributed by atoms with E-state index in [4.69, 9.17) is 15.3 Å². The smallest absolute Gasteiger partial charge is 0.224 e. The zero-order chi connectivity index (χ0) is 7.78. The molecule has 1 saturated heterocycles. The molecule has 0 bridgehead atoms. The number of hydrogen-bond donors (Lipinski definition) is 3. The molecule has 0 aliphatic carbocycles. The molecule has 0 saturated carbocycles. The topological polar surface area (TPSA) is 69.9 Å². The largest absolute Gasteiger partial charge is 0.388 e. The van der Waals surface area contributed by atoms with E-state index < -0.39 is 24.7 Å². The Labute approximate surface area is 56.9 Å². The lowest BCUT2D eigenvalue weighted by Crippen LogP contribution is -2.44. The minimum atomic E-state index is -2.20. The van der Waals surface area contributed by atoms with E-state index >= 15 is 0 Å². The maximum absolute atomic E-state index is 11.9. The van der Waals surface area contributed by atoms with Crippen LogP contribution in [0.3, 0.4) is 0 Å². The Kier molecular flexibility index (Phi) is 1.91. The van der Waals surface area contributed by atoms with Crippen LogP contribution in [0, 0.1) is 0 Å². The van der Waals surface area contributed by atoms with E-state index in [1.165, 1.54) is 0 Å². The van der Waals surface area contributed by atoms with E-state index in [1.54, 1.807) is 0 Å². The molecule has 1 aliphatic rings. The molecule has 4 nitrogen and oxygen atoms in total. The molecule has 0 aromatic carbocycles. The standard InChI is InChI=1S/C5H9FO4/c6-2-5(9)4(8)3(7)1-10-5/h3-4,7-9H,1-2H2/t3-,4+,5-/m1/s1. The lowest BCUT2D eigenvalue weighted by atomic mass is 10.1. The first-order chi connectivity index (χ1) is 4.60. The number of aliphatic hydroxyl groups excluding tert-OH is 2. The van der Waals surface area contributed by atoms with Gasteiger partial charge in [0.05, 0.1) is 6.61 Å². The van der Waals surface area contributed by atoms with Crippen molar-refractivity contribution >= 4 is 0 Å². The van der Waals surface area contributed by atoms with E-state index in [0.717, 1.165) is 0 Å². The maximum atomic E-state index is 11.9. The van der Waals surface area contributed by atoms with E-state index in [2.05, 4.69) is 4.74 Å². The second-order valence-corrected chi connectivity index (χ2v) is 2.30. The van der Waals surface area contributed by atoms with E-state index in [0.29, 0.717) is 0 Å². The fourth-order valence-corrected chi connectivity index (χ4v) is 0.824. The number of rotatable bonds is 1. The van der Waals surface area contributed by atoms with Gasteiger partial charge in [-0.25, -0.2) is 4.39 Å². The Morgan fingerprint density at radius 2 is 2.20 bits per heavy atom. The lowest BCUT2D eigenvalue weighted by Gasteiger charge is -2.21. The van der Waals surface area contributed by atoms with Crippen molar-refractivity contribution in [3.63, 3.8) is 0 Å². The lowest BCUT2D eigenvalue weighted by molar-refractivity contribution is -0.223. The van der Waals surface area contributed by atoms with Crippen LogP contribution < -0.4 is 0 Å². The molecule has 0 spiro atoms. The summed E-state index contributed by atoms with van der Waals surface area (Å²) in [5.74, 6) is -2.20. The zero-order valence-corrected chi connectivity index (χ0v) is 5.20. The summed E-state index contributed by atoms with van der Waals surface area (Å²) < 4.78 is 16.3. The Morgan fingerprint density at radius 3 is 2.40 bits per heavy atom. The highest BCUT2D eigenvalue weighted by Gasteiger charge is 2.47. The predicted molar refractivity (Wildman–Crippen MR) is 28.9 cm³/mol. The van der Waals surface area contributed by atoms with Crippen LogP contribution in [-0.2, 0) is 4.74 Å². The van der Waals surface area contributed by atoms with Gasteiger partial charge in [-0.05, 0) is 0 Å². The van der Waals surface area contributed by atoms with Crippen molar-refractivity contribution in [3.8, 4) is 0 Å². The maximum Gasteiger partial charge on any atom is 0.224 e. The van der Waals surface area contributed by atoms with Crippen LogP contribution in [-0.4, -0.2) is 46.6 Å². The molecule has 5 heteroatoms. The fraction of sp³-hybridized carbons (Fsp3) is 1.00. The third-order valence-electron chi connectivity index (χ3n) is 1.52. The summed E-state index contributed by atoms with van der Waals surface area (Å²) in [6.07, 6.45) is -2.74. The molecule has 1 heterocycles. The van der Waals surface area contributed by atoms with Crippen LogP contribution in [0.4, 0.5) is 4.39 Å². The first-order valence-electron chi connectivity index (χ1n) is 2.88. The average molecular weight is 152 g/mol. The van der Waals surface area contributed by atoms with Crippen LogP contribution in [0.15, 0.2) is 0 Å². The Balaban J connectivity index is 2.64. The minimum Gasteiger partial charge on any atom is -0.388 e. The molecule has 1 aliphatic heterocycles. The molecule has 60 valence electrons. The SMILES string of the molecule is O[C@@H]1CO[C@](O)(CF)[C@H]1O. The molecular formula is C5H9FO4. The molecule has 0 amide bonds. The van der Waals surface area contributed by atoms with Gasteiger partial charge in [0, 0.05) is 0 Å². The van der Waals surface area contributed by atoms with Crippen LogP contribution in [0.2, 0.25) is 0 Å². The number of hydrogen-bond acceptors (Lipinski definition) is 4. The van der Waals surface area contributed by atoms with Gasteiger partial charge in [0.1, 0.15) is 18.9 Å². The van der Waals surface area contributed by atoms with Crippen molar-refractivity contribution in [2.24, 2.45) is 0 Å². The molecule has 0 unspecified atom stereocenters. The van der Waals surface area contributed by atoms with Gasteiger partial charge in [0.2, 0.25) is 5.79 Å². The summed E-state index contributed by atoms with van der Waals surface area (Å²) in [7, 11) is 0.